The van der Waals surface area contributed by atoms with Gasteiger partial charge in [-0.2, -0.15) is 22.0 Å². The van der Waals surface area contributed by atoms with E-state index in [0.29, 0.717) is 25.7 Å². The van der Waals surface area contributed by atoms with E-state index < -0.39 is 23.4 Å². The molecule has 0 aromatic heterocycles. The molecule has 0 radical (unpaired) electrons. The number of allylic oxidation sites excluding steroid dienone is 2. The maximum absolute atomic E-state index is 14.3. The molecule has 3 saturated carbocycles. The Morgan fingerprint density at radius 2 is 1.64 bits per heavy atom. The molecule has 0 aromatic carbocycles. The number of rotatable bonds is 1. The van der Waals surface area contributed by atoms with Crippen molar-refractivity contribution in [2.24, 2.45) is 40.4 Å². The predicted molar refractivity (Wildman–Crippen MR) is 95.7 cm³/mol. The molecule has 2 unspecified atom stereocenters. The number of fused-ring (bicyclic) bond motifs is 5. The summed E-state index contributed by atoms with van der Waals surface area (Å²) >= 11 is 0. The second-order valence-corrected chi connectivity index (χ2v) is 10.3. The Labute approximate surface area is 163 Å². The highest BCUT2D eigenvalue weighted by Crippen LogP contribution is 2.69. The summed E-state index contributed by atoms with van der Waals surface area (Å²) in [6, 6.07) is 0. The van der Waals surface area contributed by atoms with Gasteiger partial charge in [-0.25, -0.2) is 0 Å². The van der Waals surface area contributed by atoms with Crippen molar-refractivity contribution in [3.8, 4) is 0 Å². The van der Waals surface area contributed by atoms with Crippen LogP contribution >= 0.6 is 0 Å². The summed E-state index contributed by atoms with van der Waals surface area (Å²) in [6.07, 6.45) is 0.347. The Hall–Kier alpha value is -0.940. The maximum Gasteiger partial charge on any atom is 0.453 e. The summed E-state index contributed by atoms with van der Waals surface area (Å²) in [6.45, 7) is 5.71. The lowest BCUT2D eigenvalue weighted by Gasteiger charge is -2.59. The number of alkyl halides is 5. The summed E-state index contributed by atoms with van der Waals surface area (Å²) < 4.78 is 68.0. The van der Waals surface area contributed by atoms with E-state index in [1.165, 1.54) is 0 Å². The van der Waals surface area contributed by atoms with E-state index in [-0.39, 0.29) is 41.3 Å². The minimum atomic E-state index is -5.49. The number of hydrogen-bond donors (Lipinski definition) is 0. The van der Waals surface area contributed by atoms with Gasteiger partial charge in [0.25, 0.3) is 0 Å². The van der Waals surface area contributed by atoms with Gasteiger partial charge in [0.15, 0.2) is 5.78 Å². The number of carbonyl (C=O) groups excluding carboxylic acids is 1. The van der Waals surface area contributed by atoms with Gasteiger partial charge in [-0.05, 0) is 85.5 Å². The largest absolute Gasteiger partial charge is 0.453 e. The Morgan fingerprint density at radius 3 is 2.29 bits per heavy atom. The second kappa shape index (κ2) is 6.04. The van der Waals surface area contributed by atoms with Crippen molar-refractivity contribution in [2.75, 3.05) is 0 Å². The fourth-order valence-electron chi connectivity index (χ4n) is 7.74. The SMILES string of the molecule is CC1=C[C@@]2(C)C(CC[C@@H]3[C@H]2CC[C@]2(C)C(C(F)(F)C(F)(F)F)CC[C@@H]32)CC1=O. The highest BCUT2D eigenvalue weighted by atomic mass is 19.4. The quantitative estimate of drug-likeness (QED) is 0.451. The van der Waals surface area contributed by atoms with Crippen LogP contribution in [0.3, 0.4) is 0 Å². The molecule has 1 nitrogen and oxygen atoms in total. The van der Waals surface area contributed by atoms with E-state index in [1.807, 2.05) is 6.92 Å². The van der Waals surface area contributed by atoms with Crippen LogP contribution in [0.4, 0.5) is 22.0 Å². The van der Waals surface area contributed by atoms with Crippen molar-refractivity contribution >= 4 is 5.78 Å². The lowest BCUT2D eigenvalue weighted by Crippen LogP contribution is -2.55. The second-order valence-electron chi connectivity index (χ2n) is 10.3. The molecular formula is C22H29F5O. The molecule has 4 rings (SSSR count). The van der Waals surface area contributed by atoms with Crippen LogP contribution in [0.25, 0.3) is 0 Å². The molecule has 0 spiro atoms. The van der Waals surface area contributed by atoms with Gasteiger partial charge in [0.2, 0.25) is 0 Å². The molecule has 28 heavy (non-hydrogen) atoms. The third kappa shape index (κ3) is 2.57. The predicted octanol–water partition coefficient (Wildman–Crippen LogP) is 6.58. The minimum absolute atomic E-state index is 0.0512. The summed E-state index contributed by atoms with van der Waals surface area (Å²) in [7, 11) is 0. The topological polar surface area (TPSA) is 17.1 Å². The molecule has 0 aromatic rings. The van der Waals surface area contributed by atoms with E-state index in [2.05, 4.69) is 13.0 Å². The first-order valence-electron chi connectivity index (χ1n) is 10.5. The highest BCUT2D eigenvalue weighted by Gasteiger charge is 2.71. The van der Waals surface area contributed by atoms with Gasteiger partial charge in [-0.1, -0.05) is 19.9 Å². The highest BCUT2D eigenvalue weighted by molar-refractivity contribution is 5.96. The molecule has 3 fully saturated rings. The normalized spacial score (nSPS) is 46.5. The monoisotopic (exact) mass is 404 g/mol. The third-order valence-corrected chi connectivity index (χ3v) is 9.18. The molecule has 0 aliphatic heterocycles. The smallest absolute Gasteiger partial charge is 0.295 e. The maximum atomic E-state index is 14.3. The zero-order valence-electron chi connectivity index (χ0n) is 16.7. The Bertz CT molecular complexity index is 710. The number of carbonyl (C=O) groups is 1. The lowest BCUT2D eigenvalue weighted by molar-refractivity contribution is -0.316. The van der Waals surface area contributed by atoms with Crippen LogP contribution in [0.2, 0.25) is 0 Å². The van der Waals surface area contributed by atoms with Gasteiger partial charge in [0, 0.05) is 12.3 Å². The van der Waals surface area contributed by atoms with E-state index >= 15 is 0 Å². The molecule has 0 saturated heterocycles. The summed E-state index contributed by atoms with van der Waals surface area (Å²) in [5, 5.41) is 0. The third-order valence-electron chi connectivity index (χ3n) is 9.18. The Kier molecular flexibility index (Phi) is 4.39. The zero-order chi connectivity index (χ0) is 20.7. The van der Waals surface area contributed by atoms with E-state index in [9.17, 15) is 26.7 Å². The average Bonchev–Trinajstić information content (AvgIpc) is 2.93. The van der Waals surface area contributed by atoms with Gasteiger partial charge in [0.1, 0.15) is 0 Å². The zero-order valence-corrected chi connectivity index (χ0v) is 16.7. The van der Waals surface area contributed by atoms with Crippen molar-refractivity contribution < 1.29 is 26.7 Å². The number of halogens is 5. The van der Waals surface area contributed by atoms with Crippen LogP contribution in [0.1, 0.15) is 65.7 Å². The van der Waals surface area contributed by atoms with Crippen molar-refractivity contribution in [1.29, 1.82) is 0 Å². The first kappa shape index (κ1) is 20.3. The Balaban J connectivity index is 1.66. The molecule has 0 bridgehead atoms. The molecule has 7 atom stereocenters. The van der Waals surface area contributed by atoms with Crippen molar-refractivity contribution in [1.82, 2.24) is 0 Å². The first-order valence-corrected chi connectivity index (χ1v) is 10.5. The fraction of sp³-hybridized carbons (Fsp3) is 0.864. The van der Waals surface area contributed by atoms with Crippen molar-refractivity contribution in [3.63, 3.8) is 0 Å². The average molecular weight is 404 g/mol. The molecule has 0 N–H and O–H groups in total. The fourth-order valence-corrected chi connectivity index (χ4v) is 7.74. The van der Waals surface area contributed by atoms with Crippen molar-refractivity contribution in [3.05, 3.63) is 11.6 Å². The molecule has 0 heterocycles. The minimum Gasteiger partial charge on any atom is -0.295 e. The molecule has 0 amide bonds. The molecule has 4 aliphatic rings. The summed E-state index contributed by atoms with van der Waals surface area (Å²) in [5.41, 5.74) is -0.333. The number of hydrogen-bond acceptors (Lipinski definition) is 1. The standard InChI is InChI=1S/C22H29F5O/c1-12-11-20(3)13(10-17(12)28)4-5-14-15-6-7-18(21(23,24)22(25,26)27)19(15,2)9-8-16(14)20/h11,13-16,18H,4-10H2,1-3H3/t13?,14-,15-,16+,18?,19-,20-/m0/s1. The lowest BCUT2D eigenvalue weighted by atomic mass is 9.45. The number of ketones is 1. The van der Waals surface area contributed by atoms with Crippen molar-refractivity contribution in [2.45, 2.75) is 77.8 Å². The molecule has 6 heteroatoms. The molecule has 4 aliphatic carbocycles. The van der Waals surface area contributed by atoms with Gasteiger partial charge in [0.05, 0.1) is 0 Å². The van der Waals surface area contributed by atoms with E-state index in [4.69, 9.17) is 0 Å². The van der Waals surface area contributed by atoms with E-state index in [0.717, 1.165) is 18.4 Å². The Morgan fingerprint density at radius 1 is 0.964 bits per heavy atom. The van der Waals surface area contributed by atoms with Gasteiger partial charge in [-0.15, -0.1) is 0 Å². The van der Waals surface area contributed by atoms with Crippen LogP contribution in [-0.2, 0) is 4.79 Å². The van der Waals surface area contributed by atoms with Gasteiger partial charge in [-0.3, -0.25) is 4.79 Å². The first-order chi connectivity index (χ1) is 12.8. The summed E-state index contributed by atoms with van der Waals surface area (Å²) in [4.78, 5) is 12.2. The summed E-state index contributed by atoms with van der Waals surface area (Å²) in [5.74, 6) is -5.44. The van der Waals surface area contributed by atoms with Crippen LogP contribution < -0.4 is 0 Å². The van der Waals surface area contributed by atoms with E-state index in [1.54, 1.807) is 6.92 Å². The van der Waals surface area contributed by atoms with Gasteiger partial charge < -0.3 is 0 Å². The van der Waals surface area contributed by atoms with Crippen LogP contribution in [0, 0.1) is 40.4 Å². The van der Waals surface area contributed by atoms with Crippen LogP contribution in [-0.4, -0.2) is 17.9 Å². The molecular weight excluding hydrogens is 375 g/mol. The van der Waals surface area contributed by atoms with Crippen LogP contribution in [0.5, 0.6) is 0 Å². The molecule has 158 valence electrons. The number of Topliss-reactive ketones (excluding diaryl/α,β-unsaturated/α-hetero) is 1. The van der Waals surface area contributed by atoms with Gasteiger partial charge >= 0.3 is 12.1 Å². The van der Waals surface area contributed by atoms with Crippen LogP contribution in [0.15, 0.2) is 11.6 Å².